The first-order chi connectivity index (χ1) is 11.6. The van der Waals surface area contributed by atoms with Gasteiger partial charge in [-0.15, -0.1) is 0 Å². The van der Waals surface area contributed by atoms with Gasteiger partial charge in [0, 0.05) is 18.2 Å². The van der Waals surface area contributed by atoms with Crippen molar-refractivity contribution < 1.29 is 9.34 Å². The second-order valence-electron chi connectivity index (χ2n) is 5.47. The van der Waals surface area contributed by atoms with Crippen molar-refractivity contribution in [1.29, 1.82) is 0 Å². The minimum absolute atomic E-state index is 0.0802. The fourth-order valence-electron chi connectivity index (χ4n) is 1.97. The van der Waals surface area contributed by atoms with E-state index in [2.05, 4.69) is 29.5 Å². The van der Waals surface area contributed by atoms with Gasteiger partial charge in [0.05, 0.1) is 24.3 Å². The Bertz CT molecular complexity index is 666. The maximum absolute atomic E-state index is 10.7. The van der Waals surface area contributed by atoms with E-state index >= 15 is 0 Å². The van der Waals surface area contributed by atoms with Gasteiger partial charge in [0.15, 0.2) is 5.96 Å². The molecule has 7 nitrogen and oxygen atoms in total. The van der Waals surface area contributed by atoms with E-state index in [1.54, 1.807) is 18.4 Å². The average molecular weight is 330 g/mol. The second kappa shape index (κ2) is 8.71. The topological polar surface area (TPSA) is 92.7 Å². The summed E-state index contributed by atoms with van der Waals surface area (Å²) in [6.07, 6.45) is 2.60. The quantitative estimate of drug-likeness (QED) is 0.352. The third-order valence-electron chi connectivity index (χ3n) is 3.57. The monoisotopic (exact) mass is 330 g/mol. The smallest absolute Gasteiger partial charge is 0.269 e. The van der Waals surface area contributed by atoms with Gasteiger partial charge in [-0.3, -0.25) is 10.1 Å². The van der Waals surface area contributed by atoms with Gasteiger partial charge in [0.2, 0.25) is 0 Å². The maximum atomic E-state index is 10.7. The van der Waals surface area contributed by atoms with E-state index in [0.717, 1.165) is 17.7 Å². The van der Waals surface area contributed by atoms with Crippen LogP contribution in [0.2, 0.25) is 0 Å². The molecule has 2 aromatic rings. The molecule has 0 aliphatic heterocycles. The number of rotatable bonds is 7. The largest absolute Gasteiger partial charge is 0.467 e. The van der Waals surface area contributed by atoms with Crippen molar-refractivity contribution >= 4 is 11.6 Å². The van der Waals surface area contributed by atoms with E-state index in [1.807, 2.05) is 12.1 Å². The van der Waals surface area contributed by atoms with Gasteiger partial charge in [0.1, 0.15) is 5.76 Å². The Balaban J connectivity index is 2.01. The van der Waals surface area contributed by atoms with Crippen LogP contribution in [0.5, 0.6) is 0 Å². The molecule has 2 N–H and O–H groups in total. The van der Waals surface area contributed by atoms with Crippen molar-refractivity contribution in [3.05, 3.63) is 64.1 Å². The molecule has 1 aromatic heterocycles. The molecule has 0 fully saturated rings. The Morgan fingerprint density at radius 2 is 2.08 bits per heavy atom. The van der Waals surface area contributed by atoms with E-state index in [9.17, 15) is 10.1 Å². The van der Waals surface area contributed by atoms with Crippen molar-refractivity contribution in [2.24, 2.45) is 4.99 Å². The number of nitrogens with one attached hydrogen (secondary N) is 2. The number of nitrogens with zero attached hydrogens (tertiary/aromatic N) is 2. The summed E-state index contributed by atoms with van der Waals surface area (Å²) >= 11 is 0. The second-order valence-corrected chi connectivity index (χ2v) is 5.47. The lowest BCUT2D eigenvalue weighted by Crippen LogP contribution is -2.41. The molecule has 2 rings (SSSR count). The van der Waals surface area contributed by atoms with E-state index in [1.165, 1.54) is 12.1 Å². The SMILES string of the molecule is CCC(C)NC(=NCc1ccc([N+](=O)[O-])cc1)NCc1ccco1. The predicted octanol–water partition coefficient (Wildman–Crippen LogP) is 3.22. The summed E-state index contributed by atoms with van der Waals surface area (Å²) in [4.78, 5) is 14.8. The first kappa shape index (κ1) is 17.5. The normalized spacial score (nSPS) is 12.7. The van der Waals surface area contributed by atoms with Crippen molar-refractivity contribution in [3.8, 4) is 0 Å². The number of hydrogen-bond donors (Lipinski definition) is 2. The van der Waals surface area contributed by atoms with E-state index in [4.69, 9.17) is 4.42 Å². The molecule has 7 heteroatoms. The van der Waals surface area contributed by atoms with E-state index in [-0.39, 0.29) is 11.7 Å². The zero-order chi connectivity index (χ0) is 17.4. The molecule has 1 unspecified atom stereocenters. The Morgan fingerprint density at radius 1 is 1.33 bits per heavy atom. The molecule has 0 spiro atoms. The predicted molar refractivity (Wildman–Crippen MR) is 92.7 cm³/mol. The molecule has 0 aliphatic carbocycles. The number of hydrogen-bond acceptors (Lipinski definition) is 4. The summed E-state index contributed by atoms with van der Waals surface area (Å²) in [5.74, 6) is 1.50. The number of non-ortho nitro benzene ring substituents is 1. The molecule has 1 aromatic carbocycles. The van der Waals surface area contributed by atoms with Crippen LogP contribution in [-0.4, -0.2) is 16.9 Å². The van der Waals surface area contributed by atoms with Crippen LogP contribution < -0.4 is 10.6 Å². The molecule has 1 atom stereocenters. The summed E-state index contributed by atoms with van der Waals surface area (Å²) in [5.41, 5.74) is 0.987. The van der Waals surface area contributed by atoms with Gasteiger partial charge in [-0.05, 0) is 31.0 Å². The summed E-state index contributed by atoms with van der Waals surface area (Å²) in [5, 5.41) is 17.2. The Hall–Kier alpha value is -2.83. The first-order valence-electron chi connectivity index (χ1n) is 7.89. The standard InChI is InChI=1S/C17H22N4O3/c1-3-13(2)20-17(19-12-16-5-4-10-24-16)18-11-14-6-8-15(9-7-14)21(22)23/h4-10,13H,3,11-12H2,1-2H3,(H2,18,19,20). The van der Waals surface area contributed by atoms with Gasteiger partial charge < -0.3 is 15.1 Å². The lowest BCUT2D eigenvalue weighted by Gasteiger charge is -2.16. The van der Waals surface area contributed by atoms with Crippen LogP contribution in [-0.2, 0) is 13.1 Å². The fraction of sp³-hybridized carbons (Fsp3) is 0.353. The van der Waals surface area contributed by atoms with Crippen LogP contribution in [0.1, 0.15) is 31.6 Å². The molecule has 0 aliphatic rings. The van der Waals surface area contributed by atoms with Crippen LogP contribution in [0.3, 0.4) is 0 Å². The highest BCUT2D eigenvalue weighted by Crippen LogP contribution is 2.12. The van der Waals surface area contributed by atoms with Crippen molar-refractivity contribution in [1.82, 2.24) is 10.6 Å². The van der Waals surface area contributed by atoms with Crippen molar-refractivity contribution in [2.75, 3.05) is 0 Å². The number of nitro groups is 1. The number of furan rings is 1. The van der Waals surface area contributed by atoms with Crippen LogP contribution in [0.25, 0.3) is 0 Å². The highest BCUT2D eigenvalue weighted by Gasteiger charge is 2.06. The molecule has 0 bridgehead atoms. The summed E-state index contributed by atoms with van der Waals surface area (Å²) in [6, 6.07) is 10.4. The van der Waals surface area contributed by atoms with Gasteiger partial charge >= 0.3 is 0 Å². The fourth-order valence-corrected chi connectivity index (χ4v) is 1.97. The maximum Gasteiger partial charge on any atom is 0.269 e. The molecule has 0 radical (unpaired) electrons. The van der Waals surface area contributed by atoms with Crippen molar-refractivity contribution in [3.63, 3.8) is 0 Å². The lowest BCUT2D eigenvalue weighted by atomic mass is 10.2. The summed E-state index contributed by atoms with van der Waals surface area (Å²) in [7, 11) is 0. The number of aliphatic imine (C=N–C) groups is 1. The van der Waals surface area contributed by atoms with Crippen LogP contribution in [0.15, 0.2) is 52.1 Å². The summed E-state index contributed by atoms with van der Waals surface area (Å²) < 4.78 is 5.30. The molecule has 0 amide bonds. The average Bonchev–Trinajstić information content (AvgIpc) is 3.11. The van der Waals surface area contributed by atoms with Crippen LogP contribution in [0.4, 0.5) is 5.69 Å². The summed E-state index contributed by atoms with van der Waals surface area (Å²) in [6.45, 7) is 5.14. The molecule has 24 heavy (non-hydrogen) atoms. The van der Waals surface area contributed by atoms with E-state index in [0.29, 0.717) is 19.0 Å². The minimum Gasteiger partial charge on any atom is -0.467 e. The Labute approximate surface area is 140 Å². The van der Waals surface area contributed by atoms with Crippen LogP contribution in [0, 0.1) is 10.1 Å². The number of benzene rings is 1. The highest BCUT2D eigenvalue weighted by atomic mass is 16.6. The van der Waals surface area contributed by atoms with Gasteiger partial charge in [0.25, 0.3) is 5.69 Å². The molecule has 0 saturated carbocycles. The zero-order valence-electron chi connectivity index (χ0n) is 13.9. The molecule has 1 heterocycles. The van der Waals surface area contributed by atoms with Gasteiger partial charge in [-0.1, -0.05) is 19.1 Å². The molecule has 0 saturated heterocycles. The van der Waals surface area contributed by atoms with Crippen LogP contribution >= 0.6 is 0 Å². The Kier molecular flexibility index (Phi) is 6.36. The highest BCUT2D eigenvalue weighted by molar-refractivity contribution is 5.80. The van der Waals surface area contributed by atoms with E-state index < -0.39 is 4.92 Å². The molecular formula is C17H22N4O3. The molecular weight excluding hydrogens is 308 g/mol. The number of guanidine groups is 1. The number of nitro benzene ring substituents is 1. The van der Waals surface area contributed by atoms with Gasteiger partial charge in [-0.25, -0.2) is 4.99 Å². The Morgan fingerprint density at radius 3 is 2.67 bits per heavy atom. The lowest BCUT2D eigenvalue weighted by molar-refractivity contribution is -0.384. The minimum atomic E-state index is -0.409. The molecule has 128 valence electrons. The first-order valence-corrected chi connectivity index (χ1v) is 7.89. The third kappa shape index (κ3) is 5.42. The third-order valence-corrected chi connectivity index (χ3v) is 3.57. The van der Waals surface area contributed by atoms with Gasteiger partial charge in [-0.2, -0.15) is 0 Å². The zero-order valence-corrected chi connectivity index (χ0v) is 13.9. The van der Waals surface area contributed by atoms with Crippen molar-refractivity contribution in [2.45, 2.75) is 39.4 Å².